The Morgan fingerprint density at radius 1 is 1.18 bits per heavy atom. The van der Waals surface area contributed by atoms with Crippen LogP contribution in [0.5, 0.6) is 5.75 Å². The lowest BCUT2D eigenvalue weighted by Gasteiger charge is -2.10. The maximum Gasteiger partial charge on any atom is 0.228 e. The largest absolute Gasteiger partial charge is 0.497 e. The summed E-state index contributed by atoms with van der Waals surface area (Å²) in [5.74, 6) is 1.32. The Morgan fingerprint density at radius 2 is 1.91 bits per heavy atom. The van der Waals surface area contributed by atoms with E-state index in [0.29, 0.717) is 11.1 Å². The van der Waals surface area contributed by atoms with Crippen LogP contribution >= 0.6 is 11.3 Å². The molecule has 0 aliphatic heterocycles. The molecule has 1 unspecified atom stereocenters. The topological polar surface area (TPSA) is 86.0 Å². The molecule has 1 aromatic carbocycles. The summed E-state index contributed by atoms with van der Waals surface area (Å²) < 4.78 is 5.15. The molecule has 7 heteroatoms. The fraction of sp³-hybridized carbons (Fsp3) is 0.133. The first-order valence-corrected chi connectivity index (χ1v) is 7.53. The third-order valence-corrected chi connectivity index (χ3v) is 3.88. The molecule has 0 aliphatic rings. The zero-order valence-corrected chi connectivity index (χ0v) is 12.7. The molecule has 2 heterocycles. The smallest absolute Gasteiger partial charge is 0.228 e. The second kappa shape index (κ2) is 6.50. The van der Waals surface area contributed by atoms with Crippen molar-refractivity contribution in [2.24, 2.45) is 5.73 Å². The Labute approximate surface area is 132 Å². The first-order chi connectivity index (χ1) is 10.8. The fourth-order valence-electron chi connectivity index (χ4n) is 1.93. The molecule has 1 atom stereocenters. The molecular formula is C15H15N5OS. The highest BCUT2D eigenvalue weighted by Crippen LogP contribution is 2.26. The molecule has 112 valence electrons. The lowest BCUT2D eigenvalue weighted by Crippen LogP contribution is -2.12. The van der Waals surface area contributed by atoms with Crippen LogP contribution in [0.15, 0.2) is 48.1 Å². The molecule has 0 saturated carbocycles. The molecule has 22 heavy (non-hydrogen) atoms. The van der Waals surface area contributed by atoms with Gasteiger partial charge < -0.3 is 15.8 Å². The summed E-state index contributed by atoms with van der Waals surface area (Å²) in [7, 11) is 1.64. The van der Waals surface area contributed by atoms with Gasteiger partial charge in [0.05, 0.1) is 18.8 Å². The van der Waals surface area contributed by atoms with E-state index in [1.807, 2.05) is 29.6 Å². The first kappa shape index (κ1) is 14.4. The van der Waals surface area contributed by atoms with Gasteiger partial charge in [0.1, 0.15) is 5.75 Å². The number of hydrogen-bond donors (Lipinski definition) is 2. The lowest BCUT2D eigenvalue weighted by molar-refractivity contribution is 0.414. The summed E-state index contributed by atoms with van der Waals surface area (Å²) in [5.41, 5.74) is 8.04. The summed E-state index contributed by atoms with van der Waals surface area (Å²) in [6, 6.07) is 9.14. The summed E-state index contributed by atoms with van der Waals surface area (Å²) in [6.45, 7) is 0. The number of nitrogens with zero attached hydrogens (tertiary/aromatic N) is 3. The van der Waals surface area contributed by atoms with Crippen LogP contribution in [0.1, 0.15) is 17.3 Å². The molecule has 0 spiro atoms. The minimum Gasteiger partial charge on any atom is -0.497 e. The van der Waals surface area contributed by atoms with E-state index in [1.54, 1.807) is 25.6 Å². The molecule has 3 rings (SSSR count). The SMILES string of the molecule is COc1ccc(C(N)c2csc(Nc3ncccn3)n2)cc1. The van der Waals surface area contributed by atoms with Gasteiger partial charge in [-0.2, -0.15) is 0 Å². The number of nitrogens with two attached hydrogens (primary N) is 1. The second-order valence-electron chi connectivity index (χ2n) is 4.53. The Kier molecular flexibility index (Phi) is 4.27. The molecule has 0 saturated heterocycles. The van der Waals surface area contributed by atoms with Crippen LogP contribution in [0, 0.1) is 0 Å². The van der Waals surface area contributed by atoms with Crippen molar-refractivity contribution in [1.82, 2.24) is 15.0 Å². The molecule has 0 fully saturated rings. The van der Waals surface area contributed by atoms with Gasteiger partial charge in [0.2, 0.25) is 5.95 Å². The van der Waals surface area contributed by atoms with E-state index in [1.165, 1.54) is 11.3 Å². The number of ether oxygens (including phenoxy) is 1. The molecule has 0 aliphatic carbocycles. The van der Waals surface area contributed by atoms with Crippen LogP contribution in [0.25, 0.3) is 0 Å². The van der Waals surface area contributed by atoms with Gasteiger partial charge in [-0.15, -0.1) is 11.3 Å². The van der Waals surface area contributed by atoms with Crippen molar-refractivity contribution in [2.75, 3.05) is 12.4 Å². The number of nitrogens with one attached hydrogen (secondary N) is 1. The minimum atomic E-state index is -0.283. The number of anilines is 2. The predicted molar refractivity (Wildman–Crippen MR) is 86.5 cm³/mol. The van der Waals surface area contributed by atoms with Crippen LogP contribution < -0.4 is 15.8 Å². The maximum absolute atomic E-state index is 6.26. The molecule has 3 N–H and O–H groups in total. The summed E-state index contributed by atoms with van der Waals surface area (Å²) in [5, 5.41) is 5.70. The van der Waals surface area contributed by atoms with Gasteiger partial charge in [0.15, 0.2) is 5.13 Å². The molecule has 0 amide bonds. The van der Waals surface area contributed by atoms with Gasteiger partial charge in [0, 0.05) is 17.8 Å². The van der Waals surface area contributed by atoms with E-state index >= 15 is 0 Å². The van der Waals surface area contributed by atoms with Crippen LogP contribution in [0.4, 0.5) is 11.1 Å². The van der Waals surface area contributed by atoms with Gasteiger partial charge in [-0.05, 0) is 23.8 Å². The van der Waals surface area contributed by atoms with Crippen molar-refractivity contribution in [2.45, 2.75) is 6.04 Å². The van der Waals surface area contributed by atoms with Crippen molar-refractivity contribution in [3.05, 3.63) is 59.4 Å². The molecule has 6 nitrogen and oxygen atoms in total. The van der Waals surface area contributed by atoms with E-state index in [2.05, 4.69) is 20.3 Å². The number of benzene rings is 1. The Morgan fingerprint density at radius 3 is 2.59 bits per heavy atom. The van der Waals surface area contributed by atoms with E-state index in [-0.39, 0.29) is 6.04 Å². The minimum absolute atomic E-state index is 0.283. The van der Waals surface area contributed by atoms with Gasteiger partial charge >= 0.3 is 0 Å². The molecule has 2 aromatic heterocycles. The number of rotatable bonds is 5. The Hall–Kier alpha value is -2.51. The van der Waals surface area contributed by atoms with Crippen LogP contribution in [0.3, 0.4) is 0 Å². The third-order valence-electron chi connectivity index (χ3n) is 3.10. The molecule has 0 bridgehead atoms. The average Bonchev–Trinajstić information content (AvgIpc) is 3.04. The van der Waals surface area contributed by atoms with Crippen LogP contribution in [-0.2, 0) is 0 Å². The van der Waals surface area contributed by atoms with Gasteiger partial charge in [0.25, 0.3) is 0 Å². The average molecular weight is 313 g/mol. The van der Waals surface area contributed by atoms with Crippen molar-refractivity contribution in [3.63, 3.8) is 0 Å². The monoisotopic (exact) mass is 313 g/mol. The Balaban J connectivity index is 1.74. The Bertz CT molecular complexity index is 729. The first-order valence-electron chi connectivity index (χ1n) is 6.65. The quantitative estimate of drug-likeness (QED) is 0.753. The summed E-state index contributed by atoms with van der Waals surface area (Å²) in [4.78, 5) is 12.7. The highest BCUT2D eigenvalue weighted by Gasteiger charge is 2.13. The van der Waals surface area contributed by atoms with Crippen LogP contribution in [-0.4, -0.2) is 22.1 Å². The maximum atomic E-state index is 6.26. The summed E-state index contributed by atoms with van der Waals surface area (Å²) in [6.07, 6.45) is 3.35. The molecule has 3 aromatic rings. The highest BCUT2D eigenvalue weighted by atomic mass is 32.1. The number of methoxy groups -OCH3 is 1. The predicted octanol–water partition coefficient (Wildman–Crippen LogP) is 2.73. The number of aromatic nitrogens is 3. The molecule has 0 radical (unpaired) electrons. The third kappa shape index (κ3) is 3.21. The fourth-order valence-corrected chi connectivity index (χ4v) is 2.67. The van der Waals surface area contributed by atoms with E-state index in [9.17, 15) is 0 Å². The standard InChI is InChI=1S/C15H15N5OS/c1-21-11-5-3-10(4-6-11)13(16)12-9-22-15(19-12)20-14-17-7-2-8-18-14/h2-9,13H,16H2,1H3,(H,17,18,19,20). The van der Waals surface area contributed by atoms with Crippen molar-refractivity contribution in [1.29, 1.82) is 0 Å². The number of thiazole rings is 1. The van der Waals surface area contributed by atoms with E-state index in [0.717, 1.165) is 17.0 Å². The lowest BCUT2D eigenvalue weighted by atomic mass is 10.1. The van der Waals surface area contributed by atoms with E-state index in [4.69, 9.17) is 10.5 Å². The second-order valence-corrected chi connectivity index (χ2v) is 5.38. The van der Waals surface area contributed by atoms with Crippen molar-refractivity contribution in [3.8, 4) is 5.75 Å². The summed E-state index contributed by atoms with van der Waals surface area (Å²) >= 11 is 1.47. The van der Waals surface area contributed by atoms with Crippen molar-refractivity contribution >= 4 is 22.4 Å². The van der Waals surface area contributed by atoms with Gasteiger partial charge in [-0.3, -0.25) is 0 Å². The van der Waals surface area contributed by atoms with Crippen molar-refractivity contribution < 1.29 is 4.74 Å². The highest BCUT2D eigenvalue weighted by molar-refractivity contribution is 7.13. The van der Waals surface area contributed by atoms with Crippen LogP contribution in [0.2, 0.25) is 0 Å². The molecular weight excluding hydrogens is 298 g/mol. The van der Waals surface area contributed by atoms with Gasteiger partial charge in [-0.25, -0.2) is 15.0 Å². The zero-order chi connectivity index (χ0) is 15.4. The normalized spacial score (nSPS) is 11.9. The zero-order valence-electron chi connectivity index (χ0n) is 11.9. The number of hydrogen-bond acceptors (Lipinski definition) is 7. The van der Waals surface area contributed by atoms with Gasteiger partial charge in [-0.1, -0.05) is 12.1 Å². The van der Waals surface area contributed by atoms with E-state index < -0.39 is 0 Å².